The third-order valence-corrected chi connectivity index (χ3v) is 9.11. The number of hydrogen-bond donors (Lipinski definition) is 1. The maximum absolute atomic E-state index is 12.9. The Morgan fingerprint density at radius 2 is 2.03 bits per heavy atom. The summed E-state index contributed by atoms with van der Waals surface area (Å²) in [7, 11) is -3.73. The maximum Gasteiger partial charge on any atom is 0.253 e. The summed E-state index contributed by atoms with van der Waals surface area (Å²) in [5.41, 5.74) is 1.88. The van der Waals surface area contributed by atoms with Crippen molar-refractivity contribution in [3.63, 3.8) is 0 Å². The standard InChI is InChI=1S/C19H18ClN3O3S3/c20-16-8-9-18(28-16)29(25,26)23-10-4-7-15(23)19(24)21-11-17-22-14(12-27-17)13-5-2-1-3-6-13/h1-3,5-6,8-9,12,15H,4,7,10-11H2,(H,21,24)/t15-/m0/s1. The van der Waals surface area contributed by atoms with Gasteiger partial charge in [-0.15, -0.1) is 22.7 Å². The largest absolute Gasteiger partial charge is 0.348 e. The summed E-state index contributed by atoms with van der Waals surface area (Å²) in [6.45, 7) is 0.594. The minimum absolute atomic E-state index is 0.162. The zero-order chi connectivity index (χ0) is 20.4. The number of rotatable bonds is 6. The van der Waals surface area contributed by atoms with Gasteiger partial charge in [0.2, 0.25) is 5.91 Å². The number of nitrogens with zero attached hydrogens (tertiary/aromatic N) is 2. The van der Waals surface area contributed by atoms with Gasteiger partial charge in [-0.3, -0.25) is 4.79 Å². The van der Waals surface area contributed by atoms with Crippen molar-refractivity contribution in [2.75, 3.05) is 6.54 Å². The van der Waals surface area contributed by atoms with Gasteiger partial charge in [0.15, 0.2) is 0 Å². The van der Waals surface area contributed by atoms with Crippen LogP contribution in [0, 0.1) is 0 Å². The Morgan fingerprint density at radius 1 is 1.24 bits per heavy atom. The van der Waals surface area contributed by atoms with Crippen molar-refractivity contribution >= 4 is 50.2 Å². The summed E-state index contributed by atoms with van der Waals surface area (Å²) in [5, 5.41) is 5.57. The van der Waals surface area contributed by atoms with E-state index < -0.39 is 16.1 Å². The smallest absolute Gasteiger partial charge is 0.253 e. The number of carbonyl (C=O) groups excluding carboxylic acids is 1. The molecule has 10 heteroatoms. The van der Waals surface area contributed by atoms with Gasteiger partial charge in [-0.2, -0.15) is 4.31 Å². The van der Waals surface area contributed by atoms with Crippen LogP contribution < -0.4 is 5.32 Å². The van der Waals surface area contributed by atoms with E-state index in [4.69, 9.17) is 11.6 Å². The number of benzene rings is 1. The average molecular weight is 468 g/mol. The quantitative estimate of drug-likeness (QED) is 0.594. The molecule has 0 bridgehead atoms. The first-order valence-electron chi connectivity index (χ1n) is 9.00. The van der Waals surface area contributed by atoms with Crippen LogP contribution in [0.25, 0.3) is 11.3 Å². The van der Waals surface area contributed by atoms with Crippen LogP contribution >= 0.6 is 34.3 Å². The van der Waals surface area contributed by atoms with Crippen LogP contribution in [0.3, 0.4) is 0 Å². The molecule has 152 valence electrons. The summed E-state index contributed by atoms with van der Waals surface area (Å²) >= 11 is 8.35. The van der Waals surface area contributed by atoms with E-state index in [2.05, 4.69) is 10.3 Å². The van der Waals surface area contributed by atoms with Gasteiger partial charge in [0.05, 0.1) is 16.6 Å². The molecule has 3 aromatic rings. The number of halogens is 1. The fraction of sp³-hybridized carbons (Fsp3) is 0.263. The molecule has 3 heterocycles. The van der Waals surface area contributed by atoms with Crippen molar-refractivity contribution in [2.45, 2.75) is 29.6 Å². The lowest BCUT2D eigenvalue weighted by atomic mass is 10.2. The normalized spacial score (nSPS) is 17.5. The number of carbonyl (C=O) groups is 1. The van der Waals surface area contributed by atoms with Crippen molar-refractivity contribution in [3.05, 3.63) is 57.2 Å². The SMILES string of the molecule is O=C(NCc1nc(-c2ccccc2)cs1)[C@@H]1CCCN1S(=O)(=O)c1ccc(Cl)s1. The van der Waals surface area contributed by atoms with Gasteiger partial charge in [0.25, 0.3) is 10.0 Å². The minimum atomic E-state index is -3.73. The molecule has 1 fully saturated rings. The van der Waals surface area contributed by atoms with Gasteiger partial charge in [-0.1, -0.05) is 41.9 Å². The van der Waals surface area contributed by atoms with Crippen molar-refractivity contribution in [2.24, 2.45) is 0 Å². The van der Waals surface area contributed by atoms with Gasteiger partial charge in [-0.05, 0) is 25.0 Å². The van der Waals surface area contributed by atoms with Gasteiger partial charge in [0.1, 0.15) is 15.3 Å². The second kappa shape index (κ2) is 8.53. The van der Waals surface area contributed by atoms with Crippen molar-refractivity contribution in [3.8, 4) is 11.3 Å². The van der Waals surface area contributed by atoms with Crippen LogP contribution in [0.15, 0.2) is 52.1 Å². The number of thiazole rings is 1. The van der Waals surface area contributed by atoms with Gasteiger partial charge < -0.3 is 5.32 Å². The van der Waals surface area contributed by atoms with Gasteiger partial charge in [-0.25, -0.2) is 13.4 Å². The molecule has 1 aliphatic rings. The second-order valence-electron chi connectivity index (χ2n) is 6.54. The number of hydrogen-bond acceptors (Lipinski definition) is 6. The lowest BCUT2D eigenvalue weighted by molar-refractivity contribution is -0.124. The summed E-state index contributed by atoms with van der Waals surface area (Å²) in [6, 6.07) is 12.1. The van der Waals surface area contributed by atoms with Crippen LogP contribution in [-0.2, 0) is 21.4 Å². The first-order valence-corrected chi connectivity index (χ1v) is 12.5. The molecule has 0 saturated carbocycles. The van der Waals surface area contributed by atoms with Gasteiger partial charge in [0, 0.05) is 17.5 Å². The van der Waals surface area contributed by atoms with E-state index in [-0.39, 0.29) is 16.7 Å². The number of nitrogens with one attached hydrogen (secondary N) is 1. The topological polar surface area (TPSA) is 79.4 Å². The number of aromatic nitrogens is 1. The Balaban J connectivity index is 1.42. The molecule has 1 N–H and O–H groups in total. The monoisotopic (exact) mass is 467 g/mol. The zero-order valence-electron chi connectivity index (χ0n) is 15.2. The van der Waals surface area contributed by atoms with Gasteiger partial charge >= 0.3 is 0 Å². The highest BCUT2D eigenvalue weighted by Gasteiger charge is 2.40. The lowest BCUT2D eigenvalue weighted by Gasteiger charge is -2.22. The Bertz CT molecular complexity index is 1110. The minimum Gasteiger partial charge on any atom is -0.348 e. The van der Waals surface area contributed by atoms with E-state index in [1.165, 1.54) is 21.7 Å². The summed E-state index contributed by atoms with van der Waals surface area (Å²) in [5.74, 6) is -0.301. The summed E-state index contributed by atoms with van der Waals surface area (Å²) in [4.78, 5) is 17.3. The fourth-order valence-corrected chi connectivity index (χ4v) is 7.27. The van der Waals surface area contributed by atoms with Crippen LogP contribution in [0.2, 0.25) is 4.34 Å². The van der Waals surface area contributed by atoms with Crippen LogP contribution in [0.1, 0.15) is 17.8 Å². The fourth-order valence-electron chi connectivity index (χ4n) is 3.26. The highest BCUT2D eigenvalue weighted by atomic mass is 35.5. The van der Waals surface area contributed by atoms with E-state index in [0.717, 1.165) is 27.6 Å². The van der Waals surface area contributed by atoms with E-state index in [9.17, 15) is 13.2 Å². The third-order valence-electron chi connectivity index (χ3n) is 4.65. The molecule has 2 aromatic heterocycles. The Hall–Kier alpha value is -1.78. The van der Waals surface area contributed by atoms with E-state index in [0.29, 0.717) is 23.7 Å². The van der Waals surface area contributed by atoms with Crippen molar-refractivity contribution in [1.29, 1.82) is 0 Å². The molecule has 1 aromatic carbocycles. The van der Waals surface area contributed by atoms with Crippen LogP contribution in [-0.4, -0.2) is 36.2 Å². The van der Waals surface area contributed by atoms with Crippen molar-refractivity contribution in [1.82, 2.24) is 14.6 Å². The van der Waals surface area contributed by atoms with Crippen molar-refractivity contribution < 1.29 is 13.2 Å². The third kappa shape index (κ3) is 4.39. The number of sulfonamides is 1. The molecule has 0 spiro atoms. The molecule has 0 unspecified atom stereocenters. The number of thiophene rings is 1. The molecule has 1 atom stereocenters. The molecule has 0 aliphatic carbocycles. The second-order valence-corrected chi connectivity index (χ2v) is 11.3. The number of amides is 1. The summed E-state index contributed by atoms with van der Waals surface area (Å²) < 4.78 is 27.6. The highest BCUT2D eigenvalue weighted by Crippen LogP contribution is 2.32. The molecular formula is C19H18ClN3O3S3. The molecule has 0 radical (unpaired) electrons. The first kappa shape index (κ1) is 20.5. The van der Waals surface area contributed by atoms with E-state index in [1.807, 2.05) is 35.7 Å². The Kier molecular flexibility index (Phi) is 6.03. The molecule has 6 nitrogen and oxygen atoms in total. The molecule has 1 amide bonds. The molecule has 4 rings (SSSR count). The Morgan fingerprint density at radius 3 is 2.76 bits per heavy atom. The maximum atomic E-state index is 12.9. The average Bonchev–Trinajstić information content (AvgIpc) is 3.47. The molecule has 1 saturated heterocycles. The Labute approximate surface area is 182 Å². The first-order chi connectivity index (χ1) is 13.9. The summed E-state index contributed by atoms with van der Waals surface area (Å²) in [6.07, 6.45) is 1.14. The van der Waals surface area contributed by atoms with Crippen LogP contribution in [0.5, 0.6) is 0 Å². The predicted octanol–water partition coefficient (Wildman–Crippen LogP) is 3.99. The lowest BCUT2D eigenvalue weighted by Crippen LogP contribution is -2.45. The predicted molar refractivity (Wildman–Crippen MR) is 116 cm³/mol. The van der Waals surface area contributed by atoms with E-state index in [1.54, 1.807) is 6.07 Å². The van der Waals surface area contributed by atoms with E-state index >= 15 is 0 Å². The molecular weight excluding hydrogens is 450 g/mol. The van der Waals surface area contributed by atoms with Crippen LogP contribution in [0.4, 0.5) is 0 Å². The highest BCUT2D eigenvalue weighted by molar-refractivity contribution is 7.91. The molecule has 1 aliphatic heterocycles. The molecule has 29 heavy (non-hydrogen) atoms. The zero-order valence-corrected chi connectivity index (χ0v) is 18.5.